The molecule has 0 radical (unpaired) electrons. The Labute approximate surface area is 119 Å². The summed E-state index contributed by atoms with van der Waals surface area (Å²) in [5.41, 5.74) is 2.38. The van der Waals surface area contributed by atoms with Crippen molar-refractivity contribution in [3.63, 3.8) is 0 Å². The van der Waals surface area contributed by atoms with Gasteiger partial charge < -0.3 is 10.2 Å². The number of aliphatic hydroxyl groups is 2. The van der Waals surface area contributed by atoms with E-state index >= 15 is 0 Å². The Morgan fingerprint density at radius 2 is 2.10 bits per heavy atom. The summed E-state index contributed by atoms with van der Waals surface area (Å²) in [6, 6.07) is 10.2. The van der Waals surface area contributed by atoms with E-state index in [1.165, 1.54) is 11.1 Å². The van der Waals surface area contributed by atoms with Crippen LogP contribution in [0, 0.1) is 0 Å². The summed E-state index contributed by atoms with van der Waals surface area (Å²) in [6.45, 7) is 1.75. The van der Waals surface area contributed by atoms with Crippen molar-refractivity contribution in [2.24, 2.45) is 0 Å². The largest absolute Gasteiger partial charge is 0.394 e. The van der Waals surface area contributed by atoms with Gasteiger partial charge in [-0.1, -0.05) is 24.3 Å². The van der Waals surface area contributed by atoms with Crippen molar-refractivity contribution >= 4 is 0 Å². The molecule has 0 amide bonds. The molecule has 2 N–H and O–H groups in total. The van der Waals surface area contributed by atoms with E-state index in [9.17, 15) is 5.11 Å². The Bertz CT molecular complexity index is 514. The summed E-state index contributed by atoms with van der Waals surface area (Å²) in [4.78, 5) is 1.99. The molecule has 5 heteroatoms. The fourth-order valence-corrected chi connectivity index (χ4v) is 2.20. The van der Waals surface area contributed by atoms with E-state index in [1.807, 2.05) is 35.0 Å². The summed E-state index contributed by atoms with van der Waals surface area (Å²) < 4.78 is 1.89. The third kappa shape index (κ3) is 4.45. The second-order valence-electron chi connectivity index (χ2n) is 5.06. The third-order valence-electron chi connectivity index (χ3n) is 3.08. The first-order chi connectivity index (χ1) is 9.67. The first-order valence-corrected chi connectivity index (χ1v) is 6.70. The van der Waals surface area contributed by atoms with Gasteiger partial charge in [0.25, 0.3) is 0 Å². The zero-order valence-electron chi connectivity index (χ0n) is 11.7. The highest BCUT2D eigenvalue weighted by Crippen LogP contribution is 2.09. The van der Waals surface area contributed by atoms with Crippen LogP contribution in [0.3, 0.4) is 0 Å². The molecule has 1 atom stereocenters. The maximum Gasteiger partial charge on any atom is 0.0897 e. The first-order valence-electron chi connectivity index (χ1n) is 6.70. The van der Waals surface area contributed by atoms with Gasteiger partial charge in [-0.15, -0.1) is 0 Å². The summed E-state index contributed by atoms with van der Waals surface area (Å²) in [6.07, 6.45) is 3.02. The molecule has 0 aliphatic heterocycles. The van der Waals surface area contributed by atoms with Crippen molar-refractivity contribution in [2.45, 2.75) is 19.2 Å². The average molecular weight is 275 g/mol. The minimum atomic E-state index is -0.688. The van der Waals surface area contributed by atoms with Crippen LogP contribution in [-0.2, 0) is 13.1 Å². The van der Waals surface area contributed by atoms with Crippen LogP contribution in [0.2, 0.25) is 0 Å². The lowest BCUT2D eigenvalue weighted by molar-refractivity contribution is 0.0648. The molecule has 1 heterocycles. The van der Waals surface area contributed by atoms with Crippen molar-refractivity contribution in [3.8, 4) is 0 Å². The van der Waals surface area contributed by atoms with Gasteiger partial charge in [0, 0.05) is 25.5 Å². The molecule has 2 rings (SSSR count). The lowest BCUT2D eigenvalue weighted by Gasteiger charge is -2.19. The third-order valence-corrected chi connectivity index (χ3v) is 3.08. The van der Waals surface area contributed by atoms with Crippen LogP contribution in [0.4, 0.5) is 0 Å². The standard InChI is InChI=1S/C15H21N3O2/c1-17(11-15(20)12-19)9-13-4-2-5-14(8-13)10-18-7-3-6-16-18/h2-8,15,19-20H,9-12H2,1H3/t15-/m1/s1. The second kappa shape index (κ2) is 7.19. The number of aliphatic hydroxyl groups excluding tert-OH is 2. The molecule has 0 aliphatic carbocycles. The van der Waals surface area contributed by atoms with Crippen molar-refractivity contribution in [2.75, 3.05) is 20.2 Å². The van der Waals surface area contributed by atoms with E-state index in [1.54, 1.807) is 6.20 Å². The monoisotopic (exact) mass is 275 g/mol. The average Bonchev–Trinajstić information content (AvgIpc) is 2.91. The molecular formula is C15H21N3O2. The highest BCUT2D eigenvalue weighted by molar-refractivity contribution is 5.23. The van der Waals surface area contributed by atoms with E-state index in [-0.39, 0.29) is 6.61 Å². The second-order valence-corrected chi connectivity index (χ2v) is 5.06. The first kappa shape index (κ1) is 14.7. The minimum Gasteiger partial charge on any atom is -0.394 e. The predicted molar refractivity (Wildman–Crippen MR) is 77.2 cm³/mol. The molecule has 1 aromatic heterocycles. The van der Waals surface area contributed by atoms with Gasteiger partial charge in [0.05, 0.1) is 19.3 Å². The molecule has 5 nitrogen and oxygen atoms in total. The van der Waals surface area contributed by atoms with E-state index in [0.29, 0.717) is 6.54 Å². The normalized spacial score (nSPS) is 12.8. The number of likely N-dealkylation sites (N-methyl/N-ethyl adjacent to an activating group) is 1. The maximum atomic E-state index is 9.43. The number of aromatic nitrogens is 2. The SMILES string of the molecule is CN(Cc1cccc(Cn2cccn2)c1)C[C@@H](O)CO. The Morgan fingerprint density at radius 1 is 1.30 bits per heavy atom. The molecule has 0 fully saturated rings. The number of hydrogen-bond donors (Lipinski definition) is 2. The molecule has 0 saturated carbocycles. The zero-order valence-corrected chi connectivity index (χ0v) is 11.7. The zero-order chi connectivity index (χ0) is 14.4. The molecule has 108 valence electrons. The van der Waals surface area contributed by atoms with Crippen molar-refractivity contribution in [1.82, 2.24) is 14.7 Å². The van der Waals surface area contributed by atoms with Gasteiger partial charge in [0.15, 0.2) is 0 Å². The lowest BCUT2D eigenvalue weighted by Crippen LogP contribution is -2.30. The Hall–Kier alpha value is -1.69. The number of nitrogens with zero attached hydrogens (tertiary/aromatic N) is 3. The molecule has 2 aromatic rings. The Morgan fingerprint density at radius 3 is 2.80 bits per heavy atom. The molecule has 0 unspecified atom stereocenters. The molecular weight excluding hydrogens is 254 g/mol. The van der Waals surface area contributed by atoms with Gasteiger partial charge in [-0.3, -0.25) is 9.58 Å². The summed E-state index contributed by atoms with van der Waals surface area (Å²) in [5.74, 6) is 0. The fraction of sp³-hybridized carbons (Fsp3) is 0.400. The van der Waals surface area contributed by atoms with Crippen LogP contribution < -0.4 is 0 Å². The number of rotatable bonds is 7. The van der Waals surface area contributed by atoms with Crippen LogP contribution in [0.5, 0.6) is 0 Å². The van der Waals surface area contributed by atoms with E-state index in [0.717, 1.165) is 13.1 Å². The Balaban J connectivity index is 1.95. The highest BCUT2D eigenvalue weighted by atomic mass is 16.3. The number of hydrogen-bond acceptors (Lipinski definition) is 4. The lowest BCUT2D eigenvalue weighted by atomic mass is 10.1. The molecule has 0 aliphatic rings. The van der Waals surface area contributed by atoms with Crippen LogP contribution in [0.25, 0.3) is 0 Å². The summed E-state index contributed by atoms with van der Waals surface area (Å²) in [5, 5.41) is 22.5. The van der Waals surface area contributed by atoms with Crippen LogP contribution in [-0.4, -0.2) is 51.2 Å². The highest BCUT2D eigenvalue weighted by Gasteiger charge is 2.07. The topological polar surface area (TPSA) is 61.5 Å². The fourth-order valence-electron chi connectivity index (χ4n) is 2.20. The van der Waals surface area contributed by atoms with Crippen LogP contribution in [0.15, 0.2) is 42.7 Å². The minimum absolute atomic E-state index is 0.205. The van der Waals surface area contributed by atoms with Gasteiger partial charge in [0.2, 0.25) is 0 Å². The van der Waals surface area contributed by atoms with E-state index in [4.69, 9.17) is 5.11 Å². The quantitative estimate of drug-likeness (QED) is 0.781. The smallest absolute Gasteiger partial charge is 0.0897 e. The molecule has 0 bridgehead atoms. The van der Waals surface area contributed by atoms with Crippen LogP contribution >= 0.6 is 0 Å². The van der Waals surface area contributed by atoms with E-state index in [2.05, 4.69) is 23.3 Å². The predicted octanol–water partition coefficient (Wildman–Crippen LogP) is 0.716. The Kier molecular flexibility index (Phi) is 5.29. The molecule has 20 heavy (non-hydrogen) atoms. The molecule has 1 aromatic carbocycles. The van der Waals surface area contributed by atoms with Crippen molar-refractivity contribution in [1.29, 1.82) is 0 Å². The summed E-state index contributed by atoms with van der Waals surface area (Å²) >= 11 is 0. The van der Waals surface area contributed by atoms with Gasteiger partial charge in [-0.05, 0) is 24.2 Å². The van der Waals surface area contributed by atoms with Crippen molar-refractivity contribution in [3.05, 3.63) is 53.9 Å². The van der Waals surface area contributed by atoms with Crippen LogP contribution in [0.1, 0.15) is 11.1 Å². The van der Waals surface area contributed by atoms with Crippen molar-refractivity contribution < 1.29 is 10.2 Å². The van der Waals surface area contributed by atoms with E-state index < -0.39 is 6.10 Å². The molecule has 0 spiro atoms. The van der Waals surface area contributed by atoms with Gasteiger partial charge >= 0.3 is 0 Å². The molecule has 0 saturated heterocycles. The summed E-state index contributed by atoms with van der Waals surface area (Å²) in [7, 11) is 1.93. The van der Waals surface area contributed by atoms with Gasteiger partial charge in [-0.2, -0.15) is 5.10 Å². The number of benzene rings is 1. The van der Waals surface area contributed by atoms with Gasteiger partial charge in [0.1, 0.15) is 0 Å². The maximum absolute atomic E-state index is 9.43. The van der Waals surface area contributed by atoms with Gasteiger partial charge in [-0.25, -0.2) is 0 Å².